The number of piperidine rings is 1. The Morgan fingerprint density at radius 1 is 1.39 bits per heavy atom. The van der Waals surface area contributed by atoms with E-state index in [9.17, 15) is 0 Å². The number of halogens is 1. The van der Waals surface area contributed by atoms with Gasteiger partial charge in [0.15, 0.2) is 0 Å². The van der Waals surface area contributed by atoms with Gasteiger partial charge in [-0.25, -0.2) is 0 Å². The van der Waals surface area contributed by atoms with E-state index in [1.54, 1.807) is 0 Å². The lowest BCUT2D eigenvalue weighted by Crippen LogP contribution is -2.39. The van der Waals surface area contributed by atoms with Crippen LogP contribution >= 0.6 is 11.6 Å². The summed E-state index contributed by atoms with van der Waals surface area (Å²) in [6.07, 6.45) is 2.58. The molecule has 1 aliphatic rings. The van der Waals surface area contributed by atoms with E-state index in [1.807, 2.05) is 6.07 Å². The van der Waals surface area contributed by atoms with Crippen LogP contribution in [0.1, 0.15) is 37.8 Å². The van der Waals surface area contributed by atoms with Gasteiger partial charge in [-0.3, -0.25) is 4.90 Å². The van der Waals surface area contributed by atoms with Crippen molar-refractivity contribution in [3.63, 3.8) is 0 Å². The van der Waals surface area contributed by atoms with Crippen molar-refractivity contribution < 1.29 is 0 Å². The van der Waals surface area contributed by atoms with E-state index in [1.165, 1.54) is 24.9 Å². The van der Waals surface area contributed by atoms with Crippen molar-refractivity contribution in [2.24, 2.45) is 11.7 Å². The highest BCUT2D eigenvalue weighted by atomic mass is 35.5. The molecule has 1 aliphatic heterocycles. The van der Waals surface area contributed by atoms with Crippen molar-refractivity contribution in [2.45, 2.75) is 45.8 Å². The van der Waals surface area contributed by atoms with E-state index in [0.717, 1.165) is 23.0 Å². The monoisotopic (exact) mass is 266 g/mol. The fraction of sp³-hybridized carbons (Fsp3) is 0.600. The summed E-state index contributed by atoms with van der Waals surface area (Å²) in [6, 6.07) is 6.85. The minimum Gasteiger partial charge on any atom is -0.326 e. The Kier molecular flexibility index (Phi) is 4.66. The van der Waals surface area contributed by atoms with Gasteiger partial charge in [0, 0.05) is 24.2 Å². The molecule has 1 heterocycles. The molecular weight excluding hydrogens is 244 g/mol. The molecule has 0 amide bonds. The summed E-state index contributed by atoms with van der Waals surface area (Å²) in [5, 5.41) is 0.851. The first-order valence-electron chi connectivity index (χ1n) is 6.81. The zero-order valence-electron chi connectivity index (χ0n) is 11.3. The van der Waals surface area contributed by atoms with Crippen molar-refractivity contribution in [2.75, 3.05) is 6.54 Å². The van der Waals surface area contributed by atoms with Crippen LogP contribution in [0, 0.1) is 5.92 Å². The average molecular weight is 267 g/mol. The number of hydrogen-bond donors (Lipinski definition) is 1. The highest BCUT2D eigenvalue weighted by Crippen LogP contribution is 2.26. The van der Waals surface area contributed by atoms with Gasteiger partial charge in [-0.2, -0.15) is 0 Å². The van der Waals surface area contributed by atoms with Gasteiger partial charge in [-0.15, -0.1) is 0 Å². The predicted molar refractivity (Wildman–Crippen MR) is 77.6 cm³/mol. The highest BCUT2D eigenvalue weighted by molar-refractivity contribution is 6.31. The van der Waals surface area contributed by atoms with E-state index in [-0.39, 0.29) is 0 Å². The zero-order valence-corrected chi connectivity index (χ0v) is 12.1. The molecule has 0 aromatic heterocycles. The maximum absolute atomic E-state index is 6.32. The van der Waals surface area contributed by atoms with E-state index in [0.29, 0.717) is 12.6 Å². The molecule has 2 N–H and O–H groups in total. The SMILES string of the molecule is CC1CCN(Cc2ccc(CN)cc2Cl)C(C)C1. The van der Waals surface area contributed by atoms with E-state index < -0.39 is 0 Å². The van der Waals surface area contributed by atoms with E-state index in [2.05, 4.69) is 30.9 Å². The third-order valence-corrected chi connectivity index (χ3v) is 4.35. The van der Waals surface area contributed by atoms with Crippen molar-refractivity contribution in [1.29, 1.82) is 0 Å². The molecule has 1 saturated heterocycles. The van der Waals surface area contributed by atoms with Crippen LogP contribution in [0.25, 0.3) is 0 Å². The molecule has 2 atom stereocenters. The van der Waals surface area contributed by atoms with Crippen molar-refractivity contribution >= 4 is 11.6 Å². The van der Waals surface area contributed by atoms with Gasteiger partial charge >= 0.3 is 0 Å². The molecule has 18 heavy (non-hydrogen) atoms. The van der Waals surface area contributed by atoms with Gasteiger partial charge in [0.2, 0.25) is 0 Å². The van der Waals surface area contributed by atoms with Gasteiger partial charge < -0.3 is 5.73 Å². The standard InChI is InChI=1S/C15H23ClN2/c1-11-5-6-18(12(2)7-11)10-14-4-3-13(9-17)8-15(14)16/h3-4,8,11-12H,5-7,9-10,17H2,1-2H3. The fourth-order valence-electron chi connectivity index (χ4n) is 2.76. The van der Waals surface area contributed by atoms with Gasteiger partial charge in [0.1, 0.15) is 0 Å². The Morgan fingerprint density at radius 3 is 2.78 bits per heavy atom. The summed E-state index contributed by atoms with van der Waals surface area (Å²) < 4.78 is 0. The Labute approximate surface area is 115 Å². The predicted octanol–water partition coefficient (Wildman–Crippen LogP) is 3.42. The minimum absolute atomic E-state index is 0.553. The van der Waals surface area contributed by atoms with Gasteiger partial charge in [0.05, 0.1) is 0 Å². The molecule has 3 heteroatoms. The van der Waals surface area contributed by atoms with Crippen LogP contribution in [0.2, 0.25) is 5.02 Å². The van der Waals surface area contributed by atoms with Gasteiger partial charge in [-0.05, 0) is 49.4 Å². The first-order valence-corrected chi connectivity index (χ1v) is 7.19. The molecule has 2 rings (SSSR count). The van der Waals surface area contributed by atoms with Crippen LogP contribution in [-0.4, -0.2) is 17.5 Å². The first kappa shape index (κ1) is 13.9. The lowest BCUT2D eigenvalue weighted by molar-refractivity contribution is 0.122. The lowest BCUT2D eigenvalue weighted by atomic mass is 9.93. The third kappa shape index (κ3) is 3.25. The Balaban J connectivity index is 2.05. The van der Waals surface area contributed by atoms with Crippen LogP contribution in [-0.2, 0) is 13.1 Å². The maximum atomic E-state index is 6.32. The highest BCUT2D eigenvalue weighted by Gasteiger charge is 2.23. The van der Waals surface area contributed by atoms with Crippen molar-refractivity contribution in [3.8, 4) is 0 Å². The molecule has 0 saturated carbocycles. The molecule has 0 aliphatic carbocycles. The summed E-state index contributed by atoms with van der Waals surface area (Å²) in [5.74, 6) is 0.853. The summed E-state index contributed by atoms with van der Waals surface area (Å²) in [4.78, 5) is 2.53. The maximum Gasteiger partial charge on any atom is 0.0454 e. The molecular formula is C15H23ClN2. The molecule has 0 radical (unpaired) electrons. The largest absolute Gasteiger partial charge is 0.326 e. The molecule has 1 aromatic carbocycles. The molecule has 1 fully saturated rings. The minimum atomic E-state index is 0.553. The van der Waals surface area contributed by atoms with Crippen LogP contribution in [0.5, 0.6) is 0 Å². The van der Waals surface area contributed by atoms with E-state index >= 15 is 0 Å². The number of likely N-dealkylation sites (tertiary alicyclic amines) is 1. The van der Waals surface area contributed by atoms with Crippen LogP contribution in [0.15, 0.2) is 18.2 Å². The van der Waals surface area contributed by atoms with Crippen LogP contribution < -0.4 is 5.73 Å². The number of nitrogens with zero attached hydrogens (tertiary/aromatic N) is 1. The topological polar surface area (TPSA) is 29.3 Å². The fourth-order valence-corrected chi connectivity index (χ4v) is 3.02. The number of benzene rings is 1. The zero-order chi connectivity index (χ0) is 13.1. The van der Waals surface area contributed by atoms with Crippen LogP contribution in [0.4, 0.5) is 0 Å². The Hall–Kier alpha value is -0.570. The summed E-state index contributed by atoms with van der Waals surface area (Å²) in [5.41, 5.74) is 7.94. The van der Waals surface area contributed by atoms with Gasteiger partial charge in [-0.1, -0.05) is 30.7 Å². The smallest absolute Gasteiger partial charge is 0.0454 e. The Morgan fingerprint density at radius 2 is 2.17 bits per heavy atom. The quantitative estimate of drug-likeness (QED) is 0.908. The molecule has 0 bridgehead atoms. The molecule has 0 spiro atoms. The number of nitrogens with two attached hydrogens (primary N) is 1. The summed E-state index contributed by atoms with van der Waals surface area (Å²) in [7, 11) is 0. The van der Waals surface area contributed by atoms with E-state index in [4.69, 9.17) is 17.3 Å². The molecule has 100 valence electrons. The normalized spacial score (nSPS) is 25.3. The molecule has 1 aromatic rings. The average Bonchev–Trinajstić information content (AvgIpc) is 2.34. The summed E-state index contributed by atoms with van der Waals surface area (Å²) in [6.45, 7) is 7.35. The number of hydrogen-bond acceptors (Lipinski definition) is 2. The lowest BCUT2D eigenvalue weighted by Gasteiger charge is -2.36. The second kappa shape index (κ2) is 6.05. The second-order valence-electron chi connectivity index (χ2n) is 5.58. The van der Waals surface area contributed by atoms with Crippen molar-refractivity contribution in [1.82, 2.24) is 4.90 Å². The second-order valence-corrected chi connectivity index (χ2v) is 5.99. The Bertz CT molecular complexity index is 405. The first-order chi connectivity index (χ1) is 8.60. The molecule has 2 unspecified atom stereocenters. The van der Waals surface area contributed by atoms with Crippen molar-refractivity contribution in [3.05, 3.63) is 34.3 Å². The molecule has 2 nitrogen and oxygen atoms in total. The number of rotatable bonds is 3. The van der Waals surface area contributed by atoms with Crippen LogP contribution in [0.3, 0.4) is 0 Å². The third-order valence-electron chi connectivity index (χ3n) is 4.00. The van der Waals surface area contributed by atoms with Gasteiger partial charge in [0.25, 0.3) is 0 Å². The summed E-state index contributed by atoms with van der Waals surface area (Å²) >= 11 is 6.32.